The maximum atomic E-state index is 11.3. The number of ether oxygens (including phenoxy) is 2. The van der Waals surface area contributed by atoms with Crippen molar-refractivity contribution in [3.05, 3.63) is 35.4 Å². The molecule has 19 heavy (non-hydrogen) atoms. The summed E-state index contributed by atoms with van der Waals surface area (Å²) >= 11 is 0. The summed E-state index contributed by atoms with van der Waals surface area (Å²) in [7, 11) is 1.39. The number of rotatable bonds is 4. The van der Waals surface area contributed by atoms with E-state index in [1.165, 1.54) is 18.2 Å². The standard InChI is InChI=1S/C14H19NO3.ClH/c1-10-5-3-4-6-11(10)8-15-12-7-13(18-9-12)14(16)17-2;/h3-6,12-13,15H,7-9H2,1-2H3;1H/t12-,13-;/m1./s1. The van der Waals surface area contributed by atoms with Crippen molar-refractivity contribution >= 4 is 18.4 Å². The first-order valence-corrected chi connectivity index (χ1v) is 6.18. The first kappa shape index (κ1) is 16.0. The number of hydrogen-bond donors (Lipinski definition) is 1. The molecule has 0 aromatic heterocycles. The lowest BCUT2D eigenvalue weighted by Crippen LogP contribution is -2.30. The molecule has 1 aliphatic rings. The third kappa shape index (κ3) is 4.20. The quantitative estimate of drug-likeness (QED) is 0.858. The lowest BCUT2D eigenvalue weighted by atomic mass is 10.1. The molecular weight excluding hydrogens is 266 g/mol. The van der Waals surface area contributed by atoms with E-state index in [1.54, 1.807) is 0 Å². The number of carbonyl (C=O) groups excluding carboxylic acids is 1. The summed E-state index contributed by atoms with van der Waals surface area (Å²) in [6, 6.07) is 8.49. The van der Waals surface area contributed by atoms with E-state index in [9.17, 15) is 4.79 Å². The Labute approximate surface area is 119 Å². The Morgan fingerprint density at radius 1 is 1.47 bits per heavy atom. The van der Waals surface area contributed by atoms with Gasteiger partial charge in [-0.2, -0.15) is 0 Å². The van der Waals surface area contributed by atoms with Crippen LogP contribution in [-0.4, -0.2) is 31.8 Å². The number of aryl methyl sites for hydroxylation is 1. The molecule has 1 aromatic rings. The van der Waals surface area contributed by atoms with Crippen LogP contribution in [0.1, 0.15) is 17.5 Å². The van der Waals surface area contributed by atoms with Crippen LogP contribution in [0.3, 0.4) is 0 Å². The lowest BCUT2D eigenvalue weighted by Gasteiger charge is -2.12. The molecule has 1 heterocycles. The molecule has 1 N–H and O–H groups in total. The number of carbonyl (C=O) groups is 1. The Morgan fingerprint density at radius 3 is 2.89 bits per heavy atom. The van der Waals surface area contributed by atoms with Gasteiger partial charge in [0.15, 0.2) is 6.10 Å². The second-order valence-electron chi connectivity index (χ2n) is 4.59. The van der Waals surface area contributed by atoms with Crippen LogP contribution < -0.4 is 5.32 Å². The second kappa shape index (κ2) is 7.48. The van der Waals surface area contributed by atoms with E-state index in [-0.39, 0.29) is 24.4 Å². The topological polar surface area (TPSA) is 47.6 Å². The second-order valence-corrected chi connectivity index (χ2v) is 4.59. The number of nitrogens with one attached hydrogen (secondary N) is 1. The average molecular weight is 286 g/mol. The summed E-state index contributed by atoms with van der Waals surface area (Å²) < 4.78 is 10.1. The highest BCUT2D eigenvalue weighted by atomic mass is 35.5. The van der Waals surface area contributed by atoms with Crippen molar-refractivity contribution in [2.24, 2.45) is 0 Å². The molecule has 1 aliphatic heterocycles. The molecule has 0 saturated carbocycles. The molecule has 2 rings (SSSR count). The molecule has 0 aliphatic carbocycles. The van der Waals surface area contributed by atoms with Crippen molar-refractivity contribution in [2.45, 2.75) is 32.0 Å². The fraction of sp³-hybridized carbons (Fsp3) is 0.500. The molecule has 0 spiro atoms. The number of hydrogen-bond acceptors (Lipinski definition) is 4. The van der Waals surface area contributed by atoms with E-state index in [1.807, 2.05) is 12.1 Å². The zero-order chi connectivity index (χ0) is 13.0. The summed E-state index contributed by atoms with van der Waals surface area (Å²) in [4.78, 5) is 11.3. The Morgan fingerprint density at radius 2 is 2.21 bits per heavy atom. The molecule has 1 aromatic carbocycles. The van der Waals surface area contributed by atoms with Crippen LogP contribution >= 0.6 is 12.4 Å². The zero-order valence-corrected chi connectivity index (χ0v) is 12.0. The third-order valence-electron chi connectivity index (χ3n) is 3.30. The monoisotopic (exact) mass is 285 g/mol. The molecule has 0 unspecified atom stereocenters. The van der Waals surface area contributed by atoms with E-state index >= 15 is 0 Å². The Bertz CT molecular complexity index is 425. The SMILES string of the molecule is COC(=O)[C@H]1C[C@@H](NCc2ccccc2C)CO1.Cl. The Kier molecular flexibility index (Phi) is 6.28. The number of halogens is 1. The van der Waals surface area contributed by atoms with Crippen LogP contribution in [-0.2, 0) is 20.8 Å². The van der Waals surface area contributed by atoms with Gasteiger partial charge in [0, 0.05) is 19.0 Å². The van der Waals surface area contributed by atoms with E-state index in [0.717, 1.165) is 6.54 Å². The Hall–Kier alpha value is -1.10. The third-order valence-corrected chi connectivity index (χ3v) is 3.30. The lowest BCUT2D eigenvalue weighted by molar-refractivity contribution is -0.151. The van der Waals surface area contributed by atoms with Gasteiger partial charge >= 0.3 is 5.97 Å². The largest absolute Gasteiger partial charge is 0.467 e. The predicted molar refractivity (Wildman–Crippen MR) is 75.4 cm³/mol. The minimum Gasteiger partial charge on any atom is -0.467 e. The van der Waals surface area contributed by atoms with E-state index in [2.05, 4.69) is 29.1 Å². The van der Waals surface area contributed by atoms with Crippen molar-refractivity contribution in [1.82, 2.24) is 5.32 Å². The van der Waals surface area contributed by atoms with Crippen LogP contribution in [0.5, 0.6) is 0 Å². The van der Waals surface area contributed by atoms with Crippen molar-refractivity contribution in [3.8, 4) is 0 Å². The fourth-order valence-corrected chi connectivity index (χ4v) is 2.13. The van der Waals surface area contributed by atoms with Crippen LogP contribution in [0, 0.1) is 6.92 Å². The summed E-state index contributed by atoms with van der Waals surface area (Å²) in [6.45, 7) is 3.46. The number of methoxy groups -OCH3 is 1. The van der Waals surface area contributed by atoms with Gasteiger partial charge in [0.1, 0.15) is 0 Å². The van der Waals surface area contributed by atoms with E-state index < -0.39 is 6.10 Å². The highest BCUT2D eigenvalue weighted by Gasteiger charge is 2.31. The Balaban J connectivity index is 0.00000180. The summed E-state index contributed by atoms with van der Waals surface area (Å²) in [6.07, 6.45) is 0.267. The van der Waals surface area contributed by atoms with Gasteiger partial charge in [0.2, 0.25) is 0 Å². The van der Waals surface area contributed by atoms with E-state index in [4.69, 9.17) is 4.74 Å². The van der Waals surface area contributed by atoms with Crippen molar-refractivity contribution in [2.75, 3.05) is 13.7 Å². The van der Waals surface area contributed by atoms with Gasteiger partial charge in [-0.1, -0.05) is 24.3 Å². The first-order chi connectivity index (χ1) is 8.70. The molecule has 4 nitrogen and oxygen atoms in total. The number of benzene rings is 1. The van der Waals surface area contributed by atoms with Gasteiger partial charge < -0.3 is 14.8 Å². The van der Waals surface area contributed by atoms with Crippen LogP contribution in [0.4, 0.5) is 0 Å². The van der Waals surface area contributed by atoms with Gasteiger partial charge in [-0.3, -0.25) is 0 Å². The minimum absolute atomic E-state index is 0. The molecular formula is C14H20ClNO3. The van der Waals surface area contributed by atoms with Crippen LogP contribution in [0.25, 0.3) is 0 Å². The van der Waals surface area contributed by atoms with Gasteiger partial charge in [-0.15, -0.1) is 12.4 Å². The first-order valence-electron chi connectivity index (χ1n) is 6.18. The normalized spacial score (nSPS) is 21.8. The smallest absolute Gasteiger partial charge is 0.335 e. The number of esters is 1. The van der Waals surface area contributed by atoms with Crippen LogP contribution in [0.2, 0.25) is 0 Å². The van der Waals surface area contributed by atoms with Gasteiger partial charge in [0.25, 0.3) is 0 Å². The molecule has 106 valence electrons. The molecule has 2 atom stereocenters. The molecule has 0 amide bonds. The predicted octanol–water partition coefficient (Wildman–Crippen LogP) is 1.84. The maximum Gasteiger partial charge on any atom is 0.335 e. The highest BCUT2D eigenvalue weighted by molar-refractivity contribution is 5.85. The van der Waals surface area contributed by atoms with Gasteiger partial charge in [-0.25, -0.2) is 4.79 Å². The zero-order valence-electron chi connectivity index (χ0n) is 11.2. The van der Waals surface area contributed by atoms with Crippen molar-refractivity contribution in [1.29, 1.82) is 0 Å². The molecule has 5 heteroatoms. The van der Waals surface area contributed by atoms with Crippen LogP contribution in [0.15, 0.2) is 24.3 Å². The molecule has 1 fully saturated rings. The fourth-order valence-electron chi connectivity index (χ4n) is 2.13. The average Bonchev–Trinajstić information content (AvgIpc) is 2.86. The minimum atomic E-state index is -0.413. The van der Waals surface area contributed by atoms with Crippen molar-refractivity contribution < 1.29 is 14.3 Å². The van der Waals surface area contributed by atoms with E-state index in [0.29, 0.717) is 13.0 Å². The summed E-state index contributed by atoms with van der Waals surface area (Å²) in [5.41, 5.74) is 2.55. The summed E-state index contributed by atoms with van der Waals surface area (Å²) in [5, 5.41) is 3.41. The molecule has 0 bridgehead atoms. The van der Waals surface area contributed by atoms with Crippen molar-refractivity contribution in [3.63, 3.8) is 0 Å². The maximum absolute atomic E-state index is 11.3. The summed E-state index contributed by atoms with van der Waals surface area (Å²) in [5.74, 6) is -0.282. The molecule has 1 saturated heterocycles. The van der Waals surface area contributed by atoms with Gasteiger partial charge in [-0.05, 0) is 18.1 Å². The van der Waals surface area contributed by atoms with Gasteiger partial charge in [0.05, 0.1) is 13.7 Å². The highest BCUT2D eigenvalue weighted by Crippen LogP contribution is 2.15. The molecule has 0 radical (unpaired) electrons.